The Bertz CT molecular complexity index is 164. The van der Waals surface area contributed by atoms with Gasteiger partial charge in [-0.3, -0.25) is 4.79 Å². The largest absolute Gasteiger partial charge is 0.402 e. The van der Waals surface area contributed by atoms with Gasteiger partial charge in [-0.25, -0.2) is 0 Å². The van der Waals surface area contributed by atoms with Crippen molar-refractivity contribution in [3.63, 3.8) is 0 Å². The first-order valence-electron chi connectivity index (χ1n) is 2.69. The molecule has 0 aromatic carbocycles. The smallest absolute Gasteiger partial charge is 0.161 e. The molecule has 0 amide bonds. The van der Waals surface area contributed by atoms with Crippen LogP contribution in [-0.4, -0.2) is 5.78 Å². The van der Waals surface area contributed by atoms with Crippen LogP contribution in [0.15, 0.2) is 23.9 Å². The summed E-state index contributed by atoms with van der Waals surface area (Å²) in [5.74, 6) is -0.0370. The Labute approximate surface area is 55.1 Å². The van der Waals surface area contributed by atoms with E-state index in [0.717, 1.165) is 0 Å². The molecule has 0 rings (SSSR count). The second-order valence-electron chi connectivity index (χ2n) is 1.86. The highest BCUT2D eigenvalue weighted by atomic mass is 16.1. The lowest BCUT2D eigenvalue weighted by molar-refractivity contribution is -0.113. The van der Waals surface area contributed by atoms with Gasteiger partial charge in [-0.1, -0.05) is 12.7 Å². The summed E-state index contributed by atoms with van der Waals surface area (Å²) in [5.41, 5.74) is 6.37. The molecule has 0 heterocycles. The number of hydrogen-bond acceptors (Lipinski definition) is 2. The molecule has 0 aliphatic carbocycles. The van der Waals surface area contributed by atoms with E-state index < -0.39 is 0 Å². The van der Waals surface area contributed by atoms with Gasteiger partial charge in [-0.05, 0) is 13.8 Å². The number of hydrogen-bond donors (Lipinski definition) is 1. The molecule has 0 unspecified atom stereocenters. The van der Waals surface area contributed by atoms with E-state index in [-0.39, 0.29) is 5.78 Å². The van der Waals surface area contributed by atoms with Crippen molar-refractivity contribution >= 4 is 5.78 Å². The van der Waals surface area contributed by atoms with Gasteiger partial charge in [0.15, 0.2) is 5.78 Å². The first-order chi connectivity index (χ1) is 4.09. The molecule has 0 radical (unpaired) electrons. The van der Waals surface area contributed by atoms with Crippen molar-refractivity contribution in [1.82, 2.24) is 0 Å². The number of carbonyl (C=O) groups is 1. The Morgan fingerprint density at radius 2 is 2.00 bits per heavy atom. The van der Waals surface area contributed by atoms with Gasteiger partial charge in [0, 0.05) is 11.3 Å². The summed E-state index contributed by atoms with van der Waals surface area (Å²) < 4.78 is 0. The maximum atomic E-state index is 10.6. The van der Waals surface area contributed by atoms with E-state index in [2.05, 4.69) is 6.58 Å². The molecule has 0 aliphatic heterocycles. The monoisotopic (exact) mass is 125 g/mol. The zero-order valence-corrected chi connectivity index (χ0v) is 5.77. The van der Waals surface area contributed by atoms with Gasteiger partial charge in [0.2, 0.25) is 0 Å². The van der Waals surface area contributed by atoms with Crippen LogP contribution < -0.4 is 5.73 Å². The van der Waals surface area contributed by atoms with Gasteiger partial charge in [0.25, 0.3) is 0 Å². The van der Waals surface area contributed by atoms with Gasteiger partial charge < -0.3 is 5.73 Å². The average Bonchev–Trinajstić information content (AvgIpc) is 1.64. The van der Waals surface area contributed by atoms with Crippen LogP contribution in [0.4, 0.5) is 0 Å². The van der Waals surface area contributed by atoms with E-state index in [0.29, 0.717) is 11.3 Å². The van der Waals surface area contributed by atoms with Gasteiger partial charge in [-0.2, -0.15) is 0 Å². The Morgan fingerprint density at radius 1 is 1.56 bits per heavy atom. The van der Waals surface area contributed by atoms with Gasteiger partial charge in [-0.15, -0.1) is 0 Å². The summed E-state index contributed by atoms with van der Waals surface area (Å²) >= 11 is 0. The molecule has 0 aromatic heterocycles. The van der Waals surface area contributed by atoms with Crippen LogP contribution in [0.25, 0.3) is 0 Å². The lowest BCUT2D eigenvalue weighted by atomic mass is 10.1. The Hall–Kier alpha value is -1.05. The highest BCUT2D eigenvalue weighted by Crippen LogP contribution is 1.99. The molecule has 0 aromatic rings. The Morgan fingerprint density at radius 3 is 2.00 bits per heavy atom. The number of ketones is 1. The third-order valence-corrected chi connectivity index (χ3v) is 1.01. The van der Waals surface area contributed by atoms with Crippen molar-refractivity contribution in [2.24, 2.45) is 5.73 Å². The second kappa shape index (κ2) is 3.07. The summed E-state index contributed by atoms with van der Waals surface area (Å²) in [6.45, 7) is 6.59. The lowest BCUT2D eigenvalue weighted by Crippen LogP contribution is -2.02. The summed E-state index contributed by atoms with van der Waals surface area (Å²) in [4.78, 5) is 10.6. The van der Waals surface area contributed by atoms with E-state index in [4.69, 9.17) is 5.73 Å². The standard InChI is InChI=1S/C7H11NO/c1-4-7(5(2)8)6(3)9/h4H,1,8H2,2-3H3/b7-5+. The van der Waals surface area contributed by atoms with Crippen LogP contribution in [-0.2, 0) is 4.79 Å². The van der Waals surface area contributed by atoms with Crippen LogP contribution in [0, 0.1) is 0 Å². The fourth-order valence-corrected chi connectivity index (χ4v) is 0.582. The third kappa shape index (κ3) is 2.13. The first kappa shape index (κ1) is 7.95. The average molecular weight is 125 g/mol. The fourth-order valence-electron chi connectivity index (χ4n) is 0.582. The number of rotatable bonds is 2. The minimum absolute atomic E-state index is 0.0370. The maximum absolute atomic E-state index is 10.6. The molecule has 0 saturated carbocycles. The molecule has 2 nitrogen and oxygen atoms in total. The summed E-state index contributed by atoms with van der Waals surface area (Å²) in [6.07, 6.45) is 1.47. The highest BCUT2D eigenvalue weighted by molar-refractivity contribution is 5.96. The predicted octanol–water partition coefficient (Wildman–Crippen LogP) is 0.994. The minimum Gasteiger partial charge on any atom is -0.402 e. The van der Waals surface area contributed by atoms with Crippen LogP contribution in [0.3, 0.4) is 0 Å². The molecule has 0 bridgehead atoms. The van der Waals surface area contributed by atoms with Gasteiger partial charge in [0.05, 0.1) is 0 Å². The molecular weight excluding hydrogens is 114 g/mol. The van der Waals surface area contributed by atoms with Gasteiger partial charge in [0.1, 0.15) is 0 Å². The third-order valence-electron chi connectivity index (χ3n) is 1.01. The zero-order chi connectivity index (χ0) is 7.44. The number of nitrogens with two attached hydrogens (primary N) is 1. The fraction of sp³-hybridized carbons (Fsp3) is 0.286. The summed E-state index contributed by atoms with van der Waals surface area (Å²) in [5, 5.41) is 0. The van der Waals surface area contributed by atoms with Crippen molar-refractivity contribution < 1.29 is 4.79 Å². The maximum Gasteiger partial charge on any atom is 0.161 e. The van der Waals surface area contributed by atoms with E-state index in [9.17, 15) is 4.79 Å². The highest BCUT2D eigenvalue weighted by Gasteiger charge is 1.99. The van der Waals surface area contributed by atoms with Crippen molar-refractivity contribution in [2.45, 2.75) is 13.8 Å². The molecule has 0 atom stereocenters. The first-order valence-corrected chi connectivity index (χ1v) is 2.69. The van der Waals surface area contributed by atoms with Crippen LogP contribution in [0.2, 0.25) is 0 Å². The molecule has 0 fully saturated rings. The zero-order valence-electron chi connectivity index (χ0n) is 5.77. The van der Waals surface area contributed by atoms with Crippen molar-refractivity contribution in [3.05, 3.63) is 23.9 Å². The quantitative estimate of drug-likeness (QED) is 0.442. The molecule has 0 saturated heterocycles. The molecule has 2 heteroatoms. The van der Waals surface area contributed by atoms with Crippen LogP contribution in [0.5, 0.6) is 0 Å². The minimum atomic E-state index is -0.0370. The van der Waals surface area contributed by atoms with E-state index in [1.807, 2.05) is 0 Å². The number of allylic oxidation sites excluding steroid dienone is 3. The Kier molecular flexibility index (Phi) is 2.71. The van der Waals surface area contributed by atoms with Crippen LogP contribution >= 0.6 is 0 Å². The summed E-state index contributed by atoms with van der Waals surface area (Å²) in [6, 6.07) is 0. The second-order valence-corrected chi connectivity index (χ2v) is 1.86. The van der Waals surface area contributed by atoms with Crippen molar-refractivity contribution in [3.8, 4) is 0 Å². The number of carbonyl (C=O) groups excluding carboxylic acids is 1. The lowest BCUT2D eigenvalue weighted by Gasteiger charge is -1.96. The SMILES string of the molecule is C=C/C(C(C)=O)=C(/C)N. The van der Waals surface area contributed by atoms with Crippen LogP contribution in [0.1, 0.15) is 13.8 Å². The van der Waals surface area contributed by atoms with E-state index in [1.54, 1.807) is 6.92 Å². The molecular formula is C7H11NO. The van der Waals surface area contributed by atoms with Crippen molar-refractivity contribution in [1.29, 1.82) is 0 Å². The molecule has 0 spiro atoms. The normalized spacial score (nSPS) is 12.2. The van der Waals surface area contributed by atoms with Crippen molar-refractivity contribution in [2.75, 3.05) is 0 Å². The Balaban J connectivity index is 4.55. The van der Waals surface area contributed by atoms with Gasteiger partial charge >= 0.3 is 0 Å². The number of Topliss-reactive ketones (excluding diaryl/α,β-unsaturated/α-hetero) is 1. The molecule has 50 valence electrons. The predicted molar refractivity (Wildman–Crippen MR) is 37.8 cm³/mol. The van der Waals surface area contributed by atoms with E-state index >= 15 is 0 Å². The molecule has 9 heavy (non-hydrogen) atoms. The molecule has 2 N–H and O–H groups in total. The molecule has 0 aliphatic rings. The topological polar surface area (TPSA) is 43.1 Å². The summed E-state index contributed by atoms with van der Waals surface area (Å²) in [7, 11) is 0. The van der Waals surface area contributed by atoms with E-state index in [1.165, 1.54) is 13.0 Å².